The zero-order valence-electron chi connectivity index (χ0n) is 12.5. The lowest BCUT2D eigenvalue weighted by molar-refractivity contribution is -0.142. The Morgan fingerprint density at radius 1 is 1.48 bits per heavy atom. The molecule has 0 bridgehead atoms. The van der Waals surface area contributed by atoms with Gasteiger partial charge in [-0.15, -0.1) is 0 Å². The van der Waals surface area contributed by atoms with Crippen molar-refractivity contribution in [3.8, 4) is 11.5 Å². The molecule has 0 unspecified atom stereocenters. The lowest BCUT2D eigenvalue weighted by atomic mass is 9.93. The Labute approximate surface area is 125 Å². The number of hydrogen-bond donors (Lipinski definition) is 3. The van der Waals surface area contributed by atoms with Crippen LogP contribution in [-0.2, 0) is 11.2 Å². The second-order valence-electron chi connectivity index (χ2n) is 5.14. The van der Waals surface area contributed by atoms with Gasteiger partial charge in [-0.3, -0.25) is 4.79 Å². The summed E-state index contributed by atoms with van der Waals surface area (Å²) in [7, 11) is -0.433. The minimum atomic E-state index is -1.37. The van der Waals surface area contributed by atoms with E-state index in [4.69, 9.17) is 25.3 Å². The molecule has 4 N–H and O–H groups in total. The number of hydrogen-bond acceptors (Lipinski definition) is 5. The molecule has 0 aromatic heterocycles. The summed E-state index contributed by atoms with van der Waals surface area (Å²) < 4.78 is 10.7. The molecule has 1 atom stereocenters. The van der Waals surface area contributed by atoms with Crippen LogP contribution in [0.25, 0.3) is 0 Å². The van der Waals surface area contributed by atoms with Gasteiger partial charge in [0, 0.05) is 12.5 Å². The fourth-order valence-corrected chi connectivity index (χ4v) is 1.78. The zero-order valence-corrected chi connectivity index (χ0v) is 12.5. The van der Waals surface area contributed by atoms with E-state index in [0.717, 1.165) is 12.8 Å². The molecule has 0 radical (unpaired) electrons. The first-order valence-electron chi connectivity index (χ1n) is 6.92. The average Bonchev–Trinajstić information content (AvgIpc) is 2.41. The van der Waals surface area contributed by atoms with Crippen LogP contribution in [0, 0.1) is 0 Å². The van der Waals surface area contributed by atoms with Crippen molar-refractivity contribution in [3.05, 3.63) is 23.8 Å². The molecule has 6 nitrogen and oxygen atoms in total. The molecule has 0 saturated carbocycles. The Balaban J connectivity index is 2.97. The molecular formula is C14H22BNO5. The van der Waals surface area contributed by atoms with Gasteiger partial charge in [0.2, 0.25) is 0 Å². The molecule has 1 aromatic rings. The van der Waals surface area contributed by atoms with E-state index in [9.17, 15) is 4.79 Å². The summed E-state index contributed by atoms with van der Waals surface area (Å²) in [5.74, 6) is -0.0770. The third-order valence-electron chi connectivity index (χ3n) is 3.07. The summed E-state index contributed by atoms with van der Waals surface area (Å²) in [6.07, 6.45) is 2.03. The van der Waals surface area contributed by atoms with E-state index >= 15 is 0 Å². The molecule has 0 aliphatic carbocycles. The maximum absolute atomic E-state index is 11.1. The normalized spacial score (nSPS) is 13.3. The molecule has 21 heavy (non-hydrogen) atoms. The third kappa shape index (κ3) is 5.28. The van der Waals surface area contributed by atoms with Gasteiger partial charge in [-0.1, -0.05) is 19.4 Å². The smallest absolute Gasteiger partial charge is 0.504 e. The summed E-state index contributed by atoms with van der Waals surface area (Å²) in [6.45, 7) is 4.04. The van der Waals surface area contributed by atoms with Gasteiger partial charge in [0.1, 0.15) is 17.0 Å². The lowest BCUT2D eigenvalue weighted by Gasteiger charge is -2.21. The quantitative estimate of drug-likeness (QED) is 0.461. The molecule has 0 saturated heterocycles. The molecule has 1 rings (SSSR count). The van der Waals surface area contributed by atoms with Gasteiger partial charge in [0.25, 0.3) is 0 Å². The predicted octanol–water partition coefficient (Wildman–Crippen LogP) is 0.848. The van der Waals surface area contributed by atoms with Crippen molar-refractivity contribution in [2.45, 2.75) is 38.6 Å². The van der Waals surface area contributed by atoms with Crippen molar-refractivity contribution in [2.75, 3.05) is 6.61 Å². The highest BCUT2D eigenvalue weighted by atomic mass is 16.5. The van der Waals surface area contributed by atoms with Gasteiger partial charge in [-0.25, -0.2) is 0 Å². The Bertz CT molecular complexity index is 478. The summed E-state index contributed by atoms with van der Waals surface area (Å²) in [4.78, 5) is 11.1. The highest BCUT2D eigenvalue weighted by Gasteiger charge is 2.29. The number of carbonyl (C=O) groups is 1. The first-order chi connectivity index (χ1) is 9.90. The summed E-state index contributed by atoms with van der Waals surface area (Å²) >= 11 is 0. The number of benzene rings is 1. The largest absolute Gasteiger partial charge is 0.539 e. The zero-order chi connectivity index (χ0) is 15.9. The number of carboxylic acids is 1. The van der Waals surface area contributed by atoms with Gasteiger partial charge in [0.05, 0.1) is 6.61 Å². The highest BCUT2D eigenvalue weighted by molar-refractivity contribution is 6.17. The number of ether oxygens (including phenoxy) is 1. The van der Waals surface area contributed by atoms with Crippen LogP contribution in [0.1, 0.15) is 32.3 Å². The van der Waals surface area contributed by atoms with Crippen molar-refractivity contribution in [1.82, 2.24) is 0 Å². The van der Waals surface area contributed by atoms with E-state index in [1.165, 1.54) is 6.92 Å². The summed E-state index contributed by atoms with van der Waals surface area (Å²) in [5, 5.41) is 17.9. The number of carboxylic acid groups (broad SMARTS) is 1. The topological polar surface area (TPSA) is 102 Å². The van der Waals surface area contributed by atoms with Crippen LogP contribution in [-0.4, -0.2) is 35.9 Å². The van der Waals surface area contributed by atoms with E-state index in [1.807, 2.05) is 0 Å². The molecular weight excluding hydrogens is 273 g/mol. The molecule has 0 aliphatic heterocycles. The van der Waals surface area contributed by atoms with Crippen molar-refractivity contribution in [2.24, 2.45) is 5.73 Å². The number of unbranched alkanes of at least 4 members (excludes halogenated alkanes) is 1. The Kier molecular flexibility index (Phi) is 6.52. The molecule has 0 aliphatic rings. The number of rotatable bonds is 9. The van der Waals surface area contributed by atoms with E-state index in [1.54, 1.807) is 18.2 Å². The first-order valence-corrected chi connectivity index (χ1v) is 6.92. The molecule has 1 aromatic carbocycles. The van der Waals surface area contributed by atoms with Crippen molar-refractivity contribution < 1.29 is 24.3 Å². The fourth-order valence-electron chi connectivity index (χ4n) is 1.78. The van der Waals surface area contributed by atoms with E-state index in [0.29, 0.717) is 23.7 Å². The molecule has 116 valence electrons. The fraction of sp³-hybridized carbons (Fsp3) is 0.500. The van der Waals surface area contributed by atoms with Crippen LogP contribution in [0.3, 0.4) is 0 Å². The van der Waals surface area contributed by atoms with Gasteiger partial charge < -0.3 is 25.3 Å². The number of aliphatic carboxylic acids is 1. The highest BCUT2D eigenvalue weighted by Crippen LogP contribution is 2.28. The van der Waals surface area contributed by atoms with E-state index < -0.39 is 19.2 Å². The molecule has 0 fully saturated rings. The van der Waals surface area contributed by atoms with Gasteiger partial charge >= 0.3 is 13.7 Å². The Hall–Kier alpha value is -1.73. The van der Waals surface area contributed by atoms with Crippen molar-refractivity contribution >= 4 is 13.7 Å². The van der Waals surface area contributed by atoms with Crippen LogP contribution in [0.2, 0.25) is 0 Å². The van der Waals surface area contributed by atoms with Crippen molar-refractivity contribution in [3.63, 3.8) is 0 Å². The minimum absolute atomic E-state index is 0.142. The van der Waals surface area contributed by atoms with E-state index in [2.05, 4.69) is 6.92 Å². The Morgan fingerprint density at radius 3 is 2.76 bits per heavy atom. The first kappa shape index (κ1) is 17.3. The lowest BCUT2D eigenvalue weighted by Crippen LogP contribution is -2.46. The number of nitrogens with two attached hydrogens (primary N) is 1. The standard InChI is InChI=1S/C14H22BNO5/c1-3-4-7-20-12-8-11(21-15-19)6-5-10(12)9-14(2,16)13(17)18/h5-6,8,15,19H,3-4,7,9,16H2,1-2H3,(H,17,18)/t14-/m0/s1. The molecule has 0 heterocycles. The maximum atomic E-state index is 11.1. The minimum Gasteiger partial charge on any atom is -0.539 e. The second kappa shape index (κ2) is 7.90. The molecule has 0 spiro atoms. The van der Waals surface area contributed by atoms with Crippen LogP contribution in [0.4, 0.5) is 0 Å². The van der Waals surface area contributed by atoms with E-state index in [-0.39, 0.29) is 6.42 Å². The van der Waals surface area contributed by atoms with Gasteiger partial charge in [0.15, 0.2) is 0 Å². The monoisotopic (exact) mass is 295 g/mol. The predicted molar refractivity (Wildman–Crippen MR) is 80.8 cm³/mol. The van der Waals surface area contributed by atoms with Crippen LogP contribution >= 0.6 is 0 Å². The summed E-state index contributed by atoms with van der Waals surface area (Å²) in [5.41, 5.74) is 5.11. The van der Waals surface area contributed by atoms with Crippen molar-refractivity contribution in [1.29, 1.82) is 0 Å². The Morgan fingerprint density at radius 2 is 2.19 bits per heavy atom. The SMILES string of the molecule is CCCCOc1cc(OBO)ccc1C[C@](C)(N)C(=O)O. The van der Waals surface area contributed by atoms with Gasteiger partial charge in [-0.2, -0.15) is 0 Å². The third-order valence-corrected chi connectivity index (χ3v) is 3.07. The second-order valence-corrected chi connectivity index (χ2v) is 5.14. The maximum Gasteiger partial charge on any atom is 0.504 e. The van der Waals surface area contributed by atoms with Crippen LogP contribution in [0.5, 0.6) is 11.5 Å². The summed E-state index contributed by atoms with van der Waals surface area (Å²) in [6, 6.07) is 5.00. The molecule has 0 amide bonds. The average molecular weight is 295 g/mol. The molecule has 7 heteroatoms. The van der Waals surface area contributed by atoms with Crippen LogP contribution in [0.15, 0.2) is 18.2 Å². The van der Waals surface area contributed by atoms with Crippen LogP contribution < -0.4 is 15.1 Å². The van der Waals surface area contributed by atoms with Gasteiger partial charge in [-0.05, 0) is 25.0 Å².